The first kappa shape index (κ1) is 13.9. The summed E-state index contributed by atoms with van der Waals surface area (Å²) in [5.41, 5.74) is 2.36. The predicted octanol–water partition coefficient (Wildman–Crippen LogP) is 4.02. The Kier molecular flexibility index (Phi) is 5.73. The summed E-state index contributed by atoms with van der Waals surface area (Å²) in [6.45, 7) is 1.22. The second-order valence-electron chi connectivity index (χ2n) is 4.19. The highest BCUT2D eigenvalue weighted by atomic mass is 35.5. The van der Waals surface area contributed by atoms with Gasteiger partial charge in [0.15, 0.2) is 0 Å². The van der Waals surface area contributed by atoms with Gasteiger partial charge >= 0.3 is 0 Å². The summed E-state index contributed by atoms with van der Waals surface area (Å²) in [7, 11) is 0. The number of alkyl halides is 1. The lowest BCUT2D eigenvalue weighted by atomic mass is 10.1. The Morgan fingerprint density at radius 1 is 0.895 bits per heavy atom. The Morgan fingerprint density at radius 2 is 1.68 bits per heavy atom. The maximum Gasteiger partial charge on any atom is 0.120 e. The number of hydrogen-bond donors (Lipinski definition) is 0. The molecule has 2 aromatic rings. The molecule has 19 heavy (non-hydrogen) atoms. The lowest BCUT2D eigenvalue weighted by molar-refractivity contribution is 0.182. The lowest BCUT2D eigenvalue weighted by Gasteiger charge is -2.08. The smallest absolute Gasteiger partial charge is 0.120 e. The van der Waals surface area contributed by atoms with Gasteiger partial charge in [0.25, 0.3) is 0 Å². The Balaban J connectivity index is 1.88. The van der Waals surface area contributed by atoms with Gasteiger partial charge in [-0.1, -0.05) is 54.1 Å². The van der Waals surface area contributed by atoms with E-state index in [0.29, 0.717) is 13.2 Å². The van der Waals surface area contributed by atoms with Crippen molar-refractivity contribution in [3.63, 3.8) is 0 Å². The van der Waals surface area contributed by atoms with Gasteiger partial charge in [-0.15, -0.1) is 0 Å². The molecule has 0 aliphatic heterocycles. The Labute approximate surface area is 118 Å². The lowest BCUT2D eigenvalue weighted by Crippen LogP contribution is -1.98. The molecule has 0 atom stereocenters. The van der Waals surface area contributed by atoms with E-state index in [1.54, 1.807) is 0 Å². The van der Waals surface area contributed by atoms with Crippen LogP contribution in [-0.2, 0) is 17.8 Å². The third kappa shape index (κ3) is 4.93. The minimum Gasteiger partial charge on any atom is -0.489 e. The summed E-state index contributed by atoms with van der Waals surface area (Å²) in [4.78, 5) is 0. The molecule has 0 saturated heterocycles. The van der Waals surface area contributed by atoms with Crippen molar-refractivity contribution in [1.29, 1.82) is 0 Å². The van der Waals surface area contributed by atoms with Crippen molar-refractivity contribution in [2.24, 2.45) is 0 Å². The van der Waals surface area contributed by atoms with Crippen LogP contribution in [0.2, 0.25) is 0 Å². The van der Waals surface area contributed by atoms with Crippen LogP contribution in [-0.4, -0.2) is 12.7 Å². The Hall–Kier alpha value is -1.51. The van der Waals surface area contributed by atoms with Gasteiger partial charge in [-0.2, -0.15) is 0 Å². The molecule has 0 aliphatic carbocycles. The molecule has 0 spiro atoms. The van der Waals surface area contributed by atoms with Gasteiger partial charge in [0.2, 0.25) is 0 Å². The molecule has 100 valence electrons. The van der Waals surface area contributed by atoms with Crippen molar-refractivity contribution in [3.05, 3.63) is 65.7 Å². The van der Waals surface area contributed by atoms with Crippen molar-refractivity contribution in [1.82, 2.24) is 0 Å². The number of halogens is 1. The summed E-state index contributed by atoms with van der Waals surface area (Å²) in [5.74, 6) is 0.882. The summed E-state index contributed by atoms with van der Waals surface area (Å²) >= 11 is 5.47. The predicted molar refractivity (Wildman–Crippen MR) is 77.6 cm³/mol. The summed E-state index contributed by atoms with van der Waals surface area (Å²) in [5, 5.41) is 0. The van der Waals surface area contributed by atoms with Gasteiger partial charge in [0, 0.05) is 0 Å². The van der Waals surface area contributed by atoms with Crippen LogP contribution >= 0.6 is 11.6 Å². The largest absolute Gasteiger partial charge is 0.489 e. The molecule has 0 fully saturated rings. The number of hydrogen-bond acceptors (Lipinski definition) is 2. The molecule has 0 heterocycles. The van der Waals surface area contributed by atoms with E-state index in [-0.39, 0.29) is 6.07 Å². The molecule has 2 aromatic carbocycles. The maximum atomic E-state index is 5.77. The van der Waals surface area contributed by atoms with Crippen LogP contribution in [0, 0.1) is 0 Å². The SMILES string of the molecule is ClCOCCc1cccc(OCc2ccccc2)c1. The average Bonchev–Trinajstić information content (AvgIpc) is 2.47. The average molecular weight is 277 g/mol. The van der Waals surface area contributed by atoms with Crippen molar-refractivity contribution < 1.29 is 9.47 Å². The monoisotopic (exact) mass is 276 g/mol. The zero-order chi connectivity index (χ0) is 13.3. The number of rotatable bonds is 7. The van der Waals surface area contributed by atoms with Crippen molar-refractivity contribution in [2.75, 3.05) is 12.7 Å². The van der Waals surface area contributed by atoms with Crippen LogP contribution in [0.4, 0.5) is 0 Å². The van der Waals surface area contributed by atoms with E-state index in [1.807, 2.05) is 36.4 Å². The van der Waals surface area contributed by atoms with Crippen LogP contribution in [0.1, 0.15) is 11.1 Å². The Morgan fingerprint density at radius 3 is 2.47 bits per heavy atom. The quantitative estimate of drug-likeness (QED) is 0.562. The van der Waals surface area contributed by atoms with E-state index in [2.05, 4.69) is 18.2 Å². The summed E-state index contributed by atoms with van der Waals surface area (Å²) < 4.78 is 10.9. The number of ether oxygens (including phenoxy) is 2. The van der Waals surface area contributed by atoms with E-state index in [4.69, 9.17) is 21.1 Å². The summed E-state index contributed by atoms with van der Waals surface area (Å²) in [6, 6.07) is 18.4. The van der Waals surface area contributed by atoms with Crippen LogP contribution in [0.15, 0.2) is 54.6 Å². The van der Waals surface area contributed by atoms with Crippen LogP contribution in [0.25, 0.3) is 0 Å². The molecule has 0 aromatic heterocycles. The first-order chi connectivity index (χ1) is 9.38. The van der Waals surface area contributed by atoms with Gasteiger partial charge in [-0.05, 0) is 29.7 Å². The molecule has 0 aliphatic rings. The molecular weight excluding hydrogens is 260 g/mol. The molecule has 2 rings (SSSR count). The van der Waals surface area contributed by atoms with Gasteiger partial charge < -0.3 is 9.47 Å². The number of benzene rings is 2. The molecule has 0 unspecified atom stereocenters. The normalized spacial score (nSPS) is 10.4. The van der Waals surface area contributed by atoms with Gasteiger partial charge in [0.05, 0.1) is 6.61 Å². The van der Waals surface area contributed by atoms with E-state index in [1.165, 1.54) is 11.1 Å². The molecule has 2 nitrogen and oxygen atoms in total. The van der Waals surface area contributed by atoms with Crippen molar-refractivity contribution in [2.45, 2.75) is 13.0 Å². The Bertz CT molecular complexity index is 485. The molecular formula is C16H17ClO2. The van der Waals surface area contributed by atoms with Crippen LogP contribution in [0.3, 0.4) is 0 Å². The molecule has 0 amide bonds. The van der Waals surface area contributed by atoms with Gasteiger partial charge in [0.1, 0.15) is 18.4 Å². The minimum atomic E-state index is 0.240. The minimum absolute atomic E-state index is 0.240. The maximum absolute atomic E-state index is 5.77. The highest BCUT2D eigenvalue weighted by Gasteiger charge is 1.98. The second kappa shape index (κ2) is 7.82. The third-order valence-corrected chi connectivity index (χ3v) is 2.91. The fourth-order valence-electron chi connectivity index (χ4n) is 1.78. The highest BCUT2D eigenvalue weighted by Crippen LogP contribution is 2.15. The molecule has 0 N–H and O–H groups in total. The fraction of sp³-hybridized carbons (Fsp3) is 0.250. The topological polar surface area (TPSA) is 18.5 Å². The van der Waals surface area contributed by atoms with Gasteiger partial charge in [-0.3, -0.25) is 0 Å². The van der Waals surface area contributed by atoms with Crippen LogP contribution < -0.4 is 4.74 Å². The van der Waals surface area contributed by atoms with Crippen molar-refractivity contribution in [3.8, 4) is 5.75 Å². The highest BCUT2D eigenvalue weighted by molar-refractivity contribution is 6.17. The molecule has 0 radical (unpaired) electrons. The van der Waals surface area contributed by atoms with Gasteiger partial charge in [-0.25, -0.2) is 0 Å². The molecule has 0 saturated carbocycles. The second-order valence-corrected chi connectivity index (χ2v) is 4.41. The van der Waals surface area contributed by atoms with E-state index >= 15 is 0 Å². The molecule has 0 bridgehead atoms. The van der Waals surface area contributed by atoms with Crippen LogP contribution in [0.5, 0.6) is 5.75 Å². The first-order valence-electron chi connectivity index (χ1n) is 6.28. The van der Waals surface area contributed by atoms with E-state index in [9.17, 15) is 0 Å². The fourth-order valence-corrected chi connectivity index (χ4v) is 1.89. The summed E-state index contributed by atoms with van der Waals surface area (Å²) in [6.07, 6.45) is 0.843. The third-order valence-electron chi connectivity index (χ3n) is 2.76. The first-order valence-corrected chi connectivity index (χ1v) is 6.81. The van der Waals surface area contributed by atoms with E-state index in [0.717, 1.165) is 12.2 Å². The zero-order valence-electron chi connectivity index (χ0n) is 10.7. The van der Waals surface area contributed by atoms with Crippen molar-refractivity contribution >= 4 is 11.6 Å². The standard InChI is InChI=1S/C16H17ClO2/c17-13-18-10-9-14-7-4-8-16(11-14)19-12-15-5-2-1-3-6-15/h1-8,11H,9-10,12-13H2. The van der Waals surface area contributed by atoms with E-state index < -0.39 is 0 Å². The zero-order valence-corrected chi connectivity index (χ0v) is 11.5. The molecule has 3 heteroatoms.